The second kappa shape index (κ2) is 7.73. The quantitative estimate of drug-likeness (QED) is 0.871. The third-order valence-corrected chi connectivity index (χ3v) is 5.00. The number of nitrogens with one attached hydrogen (secondary N) is 1. The van der Waals surface area contributed by atoms with E-state index in [4.69, 9.17) is 4.74 Å². The van der Waals surface area contributed by atoms with Crippen LogP contribution in [0.15, 0.2) is 42.5 Å². The first-order valence-corrected chi connectivity index (χ1v) is 9.19. The van der Waals surface area contributed by atoms with E-state index in [0.29, 0.717) is 0 Å². The normalized spacial score (nSPS) is 15.8. The first kappa shape index (κ1) is 17.5. The standard InChI is InChI=1S/C22H27NO2/c1-15-8-4-7-11-21(15)25-17(3)22(24)23-16(2)19-13-12-18-9-5-6-10-20(18)14-19/h4,7-8,11-14,16-17H,5-6,9-10H2,1-3H3,(H,23,24)/t16-,17-/m0/s1. The van der Waals surface area contributed by atoms with Crippen molar-refractivity contribution >= 4 is 5.91 Å². The van der Waals surface area contributed by atoms with Crippen LogP contribution in [0.5, 0.6) is 5.75 Å². The summed E-state index contributed by atoms with van der Waals surface area (Å²) in [6.45, 7) is 5.81. The van der Waals surface area contributed by atoms with Gasteiger partial charge in [-0.3, -0.25) is 4.79 Å². The fourth-order valence-electron chi connectivity index (χ4n) is 3.37. The van der Waals surface area contributed by atoms with Crippen molar-refractivity contribution in [1.29, 1.82) is 0 Å². The monoisotopic (exact) mass is 337 g/mol. The maximum absolute atomic E-state index is 12.5. The highest BCUT2D eigenvalue weighted by molar-refractivity contribution is 5.81. The van der Waals surface area contributed by atoms with Gasteiger partial charge in [-0.15, -0.1) is 0 Å². The number of carbonyl (C=O) groups is 1. The van der Waals surface area contributed by atoms with Crippen LogP contribution in [0, 0.1) is 6.92 Å². The van der Waals surface area contributed by atoms with Crippen LogP contribution in [0.4, 0.5) is 0 Å². The highest BCUT2D eigenvalue weighted by Crippen LogP contribution is 2.25. The van der Waals surface area contributed by atoms with Crippen LogP contribution in [0.1, 0.15) is 55.0 Å². The summed E-state index contributed by atoms with van der Waals surface area (Å²) in [5.41, 5.74) is 5.10. The molecule has 0 heterocycles. The molecule has 0 aliphatic heterocycles. The average Bonchev–Trinajstić information content (AvgIpc) is 2.63. The molecule has 0 bridgehead atoms. The fraction of sp³-hybridized carbons (Fsp3) is 0.409. The predicted octanol–water partition coefficient (Wildman–Crippen LogP) is 4.52. The Hall–Kier alpha value is -2.29. The van der Waals surface area contributed by atoms with Gasteiger partial charge in [0.1, 0.15) is 5.75 Å². The highest BCUT2D eigenvalue weighted by atomic mass is 16.5. The zero-order valence-corrected chi connectivity index (χ0v) is 15.3. The van der Waals surface area contributed by atoms with Crippen molar-refractivity contribution < 1.29 is 9.53 Å². The maximum Gasteiger partial charge on any atom is 0.261 e. The second-order valence-electron chi connectivity index (χ2n) is 6.99. The molecule has 1 N–H and O–H groups in total. The fourth-order valence-corrected chi connectivity index (χ4v) is 3.37. The number of benzene rings is 2. The first-order valence-electron chi connectivity index (χ1n) is 9.19. The molecule has 2 atom stereocenters. The molecule has 25 heavy (non-hydrogen) atoms. The molecule has 132 valence electrons. The van der Waals surface area contributed by atoms with E-state index >= 15 is 0 Å². The summed E-state index contributed by atoms with van der Waals surface area (Å²) in [6, 6.07) is 14.4. The Kier molecular flexibility index (Phi) is 5.42. The van der Waals surface area contributed by atoms with Crippen molar-refractivity contribution in [1.82, 2.24) is 5.32 Å². The van der Waals surface area contributed by atoms with E-state index in [1.807, 2.05) is 38.1 Å². The van der Waals surface area contributed by atoms with E-state index in [0.717, 1.165) is 23.3 Å². The van der Waals surface area contributed by atoms with Gasteiger partial charge in [0.25, 0.3) is 5.91 Å². The Labute approximate surface area is 150 Å². The molecule has 0 saturated heterocycles. The molecule has 1 amide bonds. The molecule has 3 nitrogen and oxygen atoms in total. The summed E-state index contributed by atoms with van der Waals surface area (Å²) in [7, 11) is 0. The Morgan fingerprint density at radius 2 is 1.76 bits per heavy atom. The molecule has 0 fully saturated rings. The van der Waals surface area contributed by atoms with E-state index in [1.165, 1.54) is 30.4 Å². The van der Waals surface area contributed by atoms with Crippen LogP contribution >= 0.6 is 0 Å². The molecular weight excluding hydrogens is 310 g/mol. The summed E-state index contributed by atoms with van der Waals surface area (Å²) in [5.74, 6) is 0.667. The van der Waals surface area contributed by atoms with E-state index < -0.39 is 6.10 Å². The minimum Gasteiger partial charge on any atom is -0.481 e. The van der Waals surface area contributed by atoms with Crippen molar-refractivity contribution in [3.8, 4) is 5.75 Å². The number of rotatable bonds is 5. The predicted molar refractivity (Wildman–Crippen MR) is 101 cm³/mol. The molecule has 3 rings (SSSR count). The molecule has 3 heteroatoms. The number of para-hydroxylation sites is 1. The molecule has 2 aromatic rings. The lowest BCUT2D eigenvalue weighted by molar-refractivity contribution is -0.127. The Morgan fingerprint density at radius 3 is 2.52 bits per heavy atom. The Balaban J connectivity index is 1.63. The zero-order chi connectivity index (χ0) is 17.8. The van der Waals surface area contributed by atoms with Crippen LogP contribution in [0.25, 0.3) is 0 Å². The van der Waals surface area contributed by atoms with Gasteiger partial charge in [-0.1, -0.05) is 36.4 Å². The number of hydrogen-bond donors (Lipinski definition) is 1. The molecule has 0 saturated carbocycles. The molecule has 0 aromatic heterocycles. The third-order valence-electron chi connectivity index (χ3n) is 5.00. The van der Waals surface area contributed by atoms with Crippen molar-refractivity contribution in [3.63, 3.8) is 0 Å². The molecule has 1 aliphatic carbocycles. The number of aryl methyl sites for hydroxylation is 3. The molecule has 2 aromatic carbocycles. The van der Waals surface area contributed by atoms with E-state index in [9.17, 15) is 4.79 Å². The van der Waals surface area contributed by atoms with Crippen molar-refractivity contribution in [2.24, 2.45) is 0 Å². The van der Waals surface area contributed by atoms with Crippen molar-refractivity contribution in [3.05, 3.63) is 64.7 Å². The van der Waals surface area contributed by atoms with Gasteiger partial charge in [0, 0.05) is 0 Å². The topological polar surface area (TPSA) is 38.3 Å². The smallest absolute Gasteiger partial charge is 0.261 e. The minimum atomic E-state index is -0.527. The first-order chi connectivity index (χ1) is 12.0. The second-order valence-corrected chi connectivity index (χ2v) is 6.99. The van der Waals surface area contributed by atoms with Crippen LogP contribution in [0.3, 0.4) is 0 Å². The van der Waals surface area contributed by atoms with Gasteiger partial charge in [-0.05, 0) is 74.8 Å². The van der Waals surface area contributed by atoms with Crippen LogP contribution in [0.2, 0.25) is 0 Å². The Morgan fingerprint density at radius 1 is 1.04 bits per heavy atom. The third kappa shape index (κ3) is 4.22. The number of fused-ring (bicyclic) bond motifs is 1. The number of ether oxygens (including phenoxy) is 1. The van der Waals surface area contributed by atoms with Crippen molar-refractivity contribution in [2.75, 3.05) is 0 Å². The minimum absolute atomic E-state index is 0.0253. The zero-order valence-electron chi connectivity index (χ0n) is 15.3. The summed E-state index contributed by atoms with van der Waals surface area (Å²) >= 11 is 0. The van der Waals surface area contributed by atoms with E-state index in [2.05, 4.69) is 23.5 Å². The average molecular weight is 337 g/mol. The summed E-state index contributed by atoms with van der Waals surface area (Å²) in [5, 5.41) is 3.08. The SMILES string of the molecule is Cc1ccccc1O[C@@H](C)C(=O)N[C@@H](C)c1ccc2c(c1)CCCC2. The van der Waals surface area contributed by atoms with Gasteiger partial charge >= 0.3 is 0 Å². The largest absolute Gasteiger partial charge is 0.481 e. The number of hydrogen-bond acceptors (Lipinski definition) is 2. The molecular formula is C22H27NO2. The van der Waals surface area contributed by atoms with Gasteiger partial charge in [0.2, 0.25) is 0 Å². The van der Waals surface area contributed by atoms with Gasteiger partial charge < -0.3 is 10.1 Å². The summed E-state index contributed by atoms with van der Waals surface area (Å²) in [4.78, 5) is 12.5. The number of carbonyl (C=O) groups excluding carboxylic acids is 1. The maximum atomic E-state index is 12.5. The molecule has 1 aliphatic rings. The van der Waals surface area contributed by atoms with Gasteiger partial charge in [0.15, 0.2) is 6.10 Å². The van der Waals surface area contributed by atoms with E-state index in [1.54, 1.807) is 6.92 Å². The lowest BCUT2D eigenvalue weighted by Crippen LogP contribution is -2.37. The molecule has 0 spiro atoms. The van der Waals surface area contributed by atoms with Gasteiger partial charge in [0.05, 0.1) is 6.04 Å². The lowest BCUT2D eigenvalue weighted by Gasteiger charge is -2.22. The van der Waals surface area contributed by atoms with Gasteiger partial charge in [-0.2, -0.15) is 0 Å². The molecule has 0 unspecified atom stereocenters. The van der Waals surface area contributed by atoms with Crippen LogP contribution in [-0.2, 0) is 17.6 Å². The number of amides is 1. The van der Waals surface area contributed by atoms with E-state index in [-0.39, 0.29) is 11.9 Å². The van der Waals surface area contributed by atoms with Crippen molar-refractivity contribution in [2.45, 2.75) is 58.6 Å². The molecule has 0 radical (unpaired) electrons. The summed E-state index contributed by atoms with van der Waals surface area (Å²) in [6.07, 6.45) is 4.35. The van der Waals surface area contributed by atoms with Gasteiger partial charge in [-0.25, -0.2) is 0 Å². The Bertz CT molecular complexity index is 753. The highest BCUT2D eigenvalue weighted by Gasteiger charge is 2.19. The summed E-state index contributed by atoms with van der Waals surface area (Å²) < 4.78 is 5.82. The van der Waals surface area contributed by atoms with Crippen LogP contribution < -0.4 is 10.1 Å². The van der Waals surface area contributed by atoms with Crippen LogP contribution in [-0.4, -0.2) is 12.0 Å². The lowest BCUT2D eigenvalue weighted by atomic mass is 9.89.